The summed E-state index contributed by atoms with van der Waals surface area (Å²) in [6.45, 7) is 3.28. The lowest BCUT2D eigenvalue weighted by molar-refractivity contribution is 0.126. The monoisotopic (exact) mass is 255 g/mol. The van der Waals surface area contributed by atoms with Crippen LogP contribution in [0.1, 0.15) is 5.56 Å². The highest BCUT2D eigenvalue weighted by Gasteiger charge is 2.07. The van der Waals surface area contributed by atoms with E-state index in [1.165, 1.54) is 10.5 Å². The Morgan fingerprint density at radius 2 is 2.06 bits per heavy atom. The van der Waals surface area contributed by atoms with Gasteiger partial charge in [0.15, 0.2) is 0 Å². The van der Waals surface area contributed by atoms with Crippen LogP contribution in [0.3, 0.4) is 0 Å². The lowest BCUT2D eigenvalue weighted by Gasteiger charge is -2.22. The molecule has 0 bridgehead atoms. The first-order valence-corrected chi connectivity index (χ1v) is 6.98. The van der Waals surface area contributed by atoms with Crippen molar-refractivity contribution in [3.8, 4) is 0 Å². The zero-order valence-corrected chi connectivity index (χ0v) is 11.4. The molecule has 0 saturated carbocycles. The van der Waals surface area contributed by atoms with Crippen molar-refractivity contribution in [2.75, 3.05) is 39.7 Å². The van der Waals surface area contributed by atoms with Crippen LogP contribution in [-0.2, 0) is 11.3 Å². The molecule has 0 amide bonds. The summed E-state index contributed by atoms with van der Waals surface area (Å²) in [5, 5.41) is 9.05. The lowest BCUT2D eigenvalue weighted by Crippen LogP contribution is -2.30. The normalized spacial score (nSPS) is 11.1. The number of aliphatic hydroxyl groups is 1. The molecule has 1 aromatic rings. The molecular weight excluding hydrogens is 234 g/mol. The molecular formula is C13H21NO2S. The summed E-state index contributed by atoms with van der Waals surface area (Å²) in [5.41, 5.74) is 1.31. The van der Waals surface area contributed by atoms with E-state index in [1.54, 1.807) is 18.9 Å². The first-order chi connectivity index (χ1) is 8.31. The van der Waals surface area contributed by atoms with Crippen LogP contribution >= 0.6 is 11.8 Å². The van der Waals surface area contributed by atoms with Crippen LogP contribution in [-0.4, -0.2) is 49.7 Å². The van der Waals surface area contributed by atoms with E-state index in [4.69, 9.17) is 9.84 Å². The van der Waals surface area contributed by atoms with Crippen molar-refractivity contribution in [2.45, 2.75) is 11.4 Å². The third-order valence-electron chi connectivity index (χ3n) is 2.61. The van der Waals surface area contributed by atoms with Gasteiger partial charge in [0, 0.05) is 31.6 Å². The Kier molecular flexibility index (Phi) is 7.28. The van der Waals surface area contributed by atoms with Crippen LogP contribution in [0.4, 0.5) is 0 Å². The van der Waals surface area contributed by atoms with Gasteiger partial charge in [-0.05, 0) is 17.9 Å². The van der Waals surface area contributed by atoms with Gasteiger partial charge in [-0.25, -0.2) is 0 Å². The molecule has 17 heavy (non-hydrogen) atoms. The average Bonchev–Trinajstić information content (AvgIpc) is 2.37. The Balaban J connectivity index is 2.63. The zero-order chi connectivity index (χ0) is 12.5. The third kappa shape index (κ3) is 5.08. The van der Waals surface area contributed by atoms with Gasteiger partial charge in [0.05, 0.1) is 13.2 Å². The molecule has 0 spiro atoms. The molecule has 1 rings (SSSR count). The number of aliphatic hydroxyl groups excluding tert-OH is 1. The number of hydrogen-bond donors (Lipinski definition) is 1. The SMILES string of the molecule is COCCN(CCO)Cc1ccccc1SC. The van der Waals surface area contributed by atoms with Crippen LogP contribution in [0.5, 0.6) is 0 Å². The molecule has 1 aromatic carbocycles. The molecule has 3 nitrogen and oxygen atoms in total. The molecule has 0 radical (unpaired) electrons. The molecule has 1 N–H and O–H groups in total. The predicted molar refractivity (Wildman–Crippen MR) is 72.5 cm³/mol. The summed E-state index contributed by atoms with van der Waals surface area (Å²) in [5.74, 6) is 0. The van der Waals surface area contributed by atoms with E-state index < -0.39 is 0 Å². The van der Waals surface area contributed by atoms with Crippen LogP contribution < -0.4 is 0 Å². The topological polar surface area (TPSA) is 32.7 Å². The first-order valence-electron chi connectivity index (χ1n) is 5.76. The van der Waals surface area contributed by atoms with Crippen LogP contribution in [0.25, 0.3) is 0 Å². The van der Waals surface area contributed by atoms with E-state index in [0.717, 1.165) is 13.1 Å². The number of nitrogens with zero attached hydrogens (tertiary/aromatic N) is 1. The molecule has 0 saturated heterocycles. The van der Waals surface area contributed by atoms with Gasteiger partial charge >= 0.3 is 0 Å². The smallest absolute Gasteiger partial charge is 0.0589 e. The Hall–Kier alpha value is -0.550. The fourth-order valence-corrected chi connectivity index (χ4v) is 2.32. The van der Waals surface area contributed by atoms with Gasteiger partial charge in [0.25, 0.3) is 0 Å². The molecule has 0 aliphatic rings. The molecule has 0 atom stereocenters. The second-order valence-electron chi connectivity index (χ2n) is 3.80. The molecule has 0 aliphatic carbocycles. The van der Waals surface area contributed by atoms with Crippen LogP contribution in [0.15, 0.2) is 29.2 Å². The predicted octanol–water partition coefficient (Wildman–Crippen LogP) is 1.85. The van der Waals surface area contributed by atoms with Crippen LogP contribution in [0, 0.1) is 0 Å². The van der Waals surface area contributed by atoms with E-state index in [-0.39, 0.29) is 6.61 Å². The van der Waals surface area contributed by atoms with Gasteiger partial charge in [-0.3, -0.25) is 4.90 Å². The Morgan fingerprint density at radius 3 is 2.71 bits per heavy atom. The highest BCUT2D eigenvalue weighted by molar-refractivity contribution is 7.98. The quantitative estimate of drug-likeness (QED) is 0.719. The minimum atomic E-state index is 0.186. The maximum atomic E-state index is 9.05. The van der Waals surface area contributed by atoms with Gasteiger partial charge in [-0.2, -0.15) is 0 Å². The minimum absolute atomic E-state index is 0.186. The van der Waals surface area contributed by atoms with Crippen molar-refractivity contribution >= 4 is 11.8 Å². The maximum Gasteiger partial charge on any atom is 0.0589 e. The van der Waals surface area contributed by atoms with Crippen molar-refractivity contribution < 1.29 is 9.84 Å². The summed E-state index contributed by atoms with van der Waals surface area (Å²) in [7, 11) is 1.70. The number of thioether (sulfide) groups is 1. The summed E-state index contributed by atoms with van der Waals surface area (Å²) < 4.78 is 5.08. The molecule has 0 unspecified atom stereocenters. The summed E-state index contributed by atoms with van der Waals surface area (Å²) in [6.07, 6.45) is 2.09. The fraction of sp³-hybridized carbons (Fsp3) is 0.538. The van der Waals surface area contributed by atoms with Crippen molar-refractivity contribution in [1.82, 2.24) is 4.90 Å². The van der Waals surface area contributed by atoms with E-state index in [9.17, 15) is 0 Å². The standard InChI is InChI=1S/C13H21NO2S/c1-16-10-8-14(7-9-15)11-12-5-3-4-6-13(12)17-2/h3-6,15H,7-11H2,1-2H3. The maximum absolute atomic E-state index is 9.05. The van der Waals surface area contributed by atoms with E-state index >= 15 is 0 Å². The summed E-state index contributed by atoms with van der Waals surface area (Å²) in [4.78, 5) is 3.51. The zero-order valence-electron chi connectivity index (χ0n) is 10.6. The summed E-state index contributed by atoms with van der Waals surface area (Å²) >= 11 is 1.76. The number of rotatable bonds is 8. The van der Waals surface area contributed by atoms with Gasteiger partial charge in [-0.1, -0.05) is 18.2 Å². The molecule has 0 heterocycles. The van der Waals surface area contributed by atoms with E-state index in [1.807, 2.05) is 0 Å². The number of methoxy groups -OCH3 is 1. The van der Waals surface area contributed by atoms with Crippen molar-refractivity contribution in [3.05, 3.63) is 29.8 Å². The van der Waals surface area contributed by atoms with Gasteiger partial charge in [0.1, 0.15) is 0 Å². The number of ether oxygens (including phenoxy) is 1. The van der Waals surface area contributed by atoms with E-state index in [0.29, 0.717) is 13.2 Å². The largest absolute Gasteiger partial charge is 0.395 e. The van der Waals surface area contributed by atoms with Crippen molar-refractivity contribution in [3.63, 3.8) is 0 Å². The van der Waals surface area contributed by atoms with Gasteiger partial charge in [-0.15, -0.1) is 11.8 Å². The van der Waals surface area contributed by atoms with E-state index in [2.05, 4.69) is 35.4 Å². The lowest BCUT2D eigenvalue weighted by atomic mass is 10.2. The molecule has 4 heteroatoms. The second-order valence-corrected chi connectivity index (χ2v) is 4.65. The molecule has 0 aromatic heterocycles. The number of benzene rings is 1. The first kappa shape index (κ1) is 14.5. The highest BCUT2D eigenvalue weighted by Crippen LogP contribution is 2.21. The summed E-state index contributed by atoms with van der Waals surface area (Å²) in [6, 6.07) is 8.39. The number of hydrogen-bond acceptors (Lipinski definition) is 4. The Bertz CT molecular complexity index is 320. The average molecular weight is 255 g/mol. The highest BCUT2D eigenvalue weighted by atomic mass is 32.2. The van der Waals surface area contributed by atoms with Gasteiger partial charge in [0.2, 0.25) is 0 Å². The third-order valence-corrected chi connectivity index (χ3v) is 3.45. The van der Waals surface area contributed by atoms with Gasteiger partial charge < -0.3 is 9.84 Å². The van der Waals surface area contributed by atoms with Crippen molar-refractivity contribution in [2.24, 2.45) is 0 Å². The Morgan fingerprint density at radius 1 is 1.29 bits per heavy atom. The molecule has 0 aliphatic heterocycles. The van der Waals surface area contributed by atoms with Crippen LogP contribution in [0.2, 0.25) is 0 Å². The molecule has 96 valence electrons. The fourth-order valence-electron chi connectivity index (χ4n) is 1.71. The Labute approximate surface area is 108 Å². The minimum Gasteiger partial charge on any atom is -0.395 e. The van der Waals surface area contributed by atoms with Crippen molar-refractivity contribution in [1.29, 1.82) is 0 Å². The second kappa shape index (κ2) is 8.53. The molecule has 0 fully saturated rings.